The van der Waals surface area contributed by atoms with Crippen molar-refractivity contribution in [3.05, 3.63) is 36.4 Å². The Labute approximate surface area is 123 Å². The van der Waals surface area contributed by atoms with Gasteiger partial charge in [-0.05, 0) is 34.7 Å². The summed E-state index contributed by atoms with van der Waals surface area (Å²) < 4.78 is 19.1. The van der Waals surface area contributed by atoms with Gasteiger partial charge in [-0.1, -0.05) is 0 Å². The van der Waals surface area contributed by atoms with Gasteiger partial charge in [0.2, 0.25) is 12.0 Å². The highest BCUT2D eigenvalue weighted by molar-refractivity contribution is 5.78. The number of hydrogen-bond donors (Lipinski definition) is 2. The first kappa shape index (κ1) is 15.4. The molecule has 0 saturated carbocycles. The maximum absolute atomic E-state index is 12.8. The van der Waals surface area contributed by atoms with Gasteiger partial charge in [-0.3, -0.25) is 4.79 Å². The largest absolute Gasteiger partial charge is 0.478 e. The fraction of sp³-hybridized carbons (Fsp3) is 0.250. The molecule has 0 saturated heterocycles. The Morgan fingerprint density at radius 3 is 2.68 bits per heavy atom. The lowest BCUT2D eigenvalue weighted by molar-refractivity contribution is -0.145. The summed E-state index contributed by atoms with van der Waals surface area (Å²) in [6.07, 6.45) is -0.0493. The van der Waals surface area contributed by atoms with E-state index >= 15 is 0 Å². The van der Waals surface area contributed by atoms with Crippen LogP contribution in [0.25, 0.3) is 0 Å². The molecule has 1 aromatic heterocycles. The molecule has 2 aromatic rings. The lowest BCUT2D eigenvalue weighted by Gasteiger charge is -2.15. The zero-order valence-electron chi connectivity index (χ0n) is 11.2. The number of nitrogens with one attached hydrogen (secondary N) is 1. The van der Waals surface area contributed by atoms with E-state index in [-0.39, 0.29) is 18.8 Å². The van der Waals surface area contributed by atoms with Crippen molar-refractivity contribution >= 4 is 11.9 Å². The number of amides is 1. The number of carboxylic acids is 1. The van der Waals surface area contributed by atoms with Crippen molar-refractivity contribution in [1.82, 2.24) is 25.5 Å². The summed E-state index contributed by atoms with van der Waals surface area (Å²) in [6, 6.07) is 4.89. The third kappa shape index (κ3) is 4.51. The van der Waals surface area contributed by atoms with E-state index in [0.717, 1.165) is 12.1 Å². The van der Waals surface area contributed by atoms with Gasteiger partial charge in [0, 0.05) is 0 Å². The molecule has 2 rings (SSSR count). The third-order valence-corrected chi connectivity index (χ3v) is 2.55. The van der Waals surface area contributed by atoms with Crippen LogP contribution in [0.5, 0.6) is 5.75 Å². The van der Waals surface area contributed by atoms with E-state index in [0.29, 0.717) is 0 Å². The minimum atomic E-state index is -1.30. The quantitative estimate of drug-likeness (QED) is 0.705. The average Bonchev–Trinajstić information content (AvgIpc) is 2.98. The molecule has 0 bridgehead atoms. The zero-order chi connectivity index (χ0) is 15.9. The minimum absolute atomic E-state index is 0.143. The van der Waals surface area contributed by atoms with Crippen LogP contribution in [0.4, 0.5) is 4.39 Å². The van der Waals surface area contributed by atoms with Crippen LogP contribution in [0.2, 0.25) is 0 Å². The second-order valence-corrected chi connectivity index (χ2v) is 4.21. The number of halogens is 1. The minimum Gasteiger partial charge on any atom is -0.478 e. The molecule has 10 heteroatoms. The molecule has 1 atom stereocenters. The third-order valence-electron chi connectivity index (χ3n) is 2.55. The van der Waals surface area contributed by atoms with Crippen molar-refractivity contribution in [2.24, 2.45) is 0 Å². The van der Waals surface area contributed by atoms with E-state index < -0.39 is 23.8 Å². The summed E-state index contributed by atoms with van der Waals surface area (Å²) >= 11 is 0. The summed E-state index contributed by atoms with van der Waals surface area (Å²) in [5.41, 5.74) is 0. The molecular weight excluding hydrogens is 297 g/mol. The van der Waals surface area contributed by atoms with Crippen molar-refractivity contribution in [2.75, 3.05) is 6.54 Å². The van der Waals surface area contributed by atoms with E-state index in [1.54, 1.807) is 0 Å². The number of carbonyl (C=O) groups is 2. The molecule has 0 aliphatic rings. The van der Waals surface area contributed by atoms with Gasteiger partial charge in [0.05, 0.1) is 6.54 Å². The maximum Gasteiger partial charge on any atom is 0.346 e. The van der Waals surface area contributed by atoms with Crippen molar-refractivity contribution in [3.63, 3.8) is 0 Å². The van der Waals surface area contributed by atoms with Crippen LogP contribution < -0.4 is 10.1 Å². The summed E-state index contributed by atoms with van der Waals surface area (Å²) in [6.45, 7) is -0.399. The van der Waals surface area contributed by atoms with Gasteiger partial charge in [-0.15, -0.1) is 5.10 Å². The van der Waals surface area contributed by atoms with Gasteiger partial charge in [0.25, 0.3) is 0 Å². The predicted molar refractivity (Wildman–Crippen MR) is 69.3 cm³/mol. The van der Waals surface area contributed by atoms with Gasteiger partial charge in [0.15, 0.2) is 0 Å². The molecule has 9 nitrogen and oxygen atoms in total. The van der Waals surface area contributed by atoms with Crippen LogP contribution in [-0.4, -0.2) is 49.8 Å². The summed E-state index contributed by atoms with van der Waals surface area (Å²) in [5, 5.41) is 21.7. The first-order valence-corrected chi connectivity index (χ1v) is 6.17. The van der Waals surface area contributed by atoms with Crippen LogP contribution in [0.1, 0.15) is 0 Å². The summed E-state index contributed by atoms with van der Waals surface area (Å²) in [7, 11) is 0. The molecule has 0 aliphatic heterocycles. The molecule has 0 spiro atoms. The Balaban J connectivity index is 1.87. The Hall–Kier alpha value is -3.04. The molecule has 1 aromatic carbocycles. The van der Waals surface area contributed by atoms with Gasteiger partial charge >= 0.3 is 5.97 Å². The number of carbonyl (C=O) groups excluding carboxylic acids is 1. The van der Waals surface area contributed by atoms with Crippen LogP contribution >= 0.6 is 0 Å². The SMILES string of the molecule is O=C(Cn1cnnn1)NCC(Oc1ccc(F)cc1)C(=O)O. The second-order valence-electron chi connectivity index (χ2n) is 4.21. The van der Waals surface area contributed by atoms with Crippen molar-refractivity contribution in [3.8, 4) is 5.75 Å². The standard InChI is InChI=1S/C12H12FN5O4/c13-8-1-3-9(4-2-8)22-10(12(20)21)5-14-11(19)6-18-7-15-16-17-18/h1-4,7,10H,5-6H2,(H,14,19)(H,20,21). The Morgan fingerprint density at radius 1 is 1.36 bits per heavy atom. The number of rotatable bonds is 7. The second kappa shape index (κ2) is 7.11. The number of hydrogen-bond acceptors (Lipinski definition) is 6. The highest BCUT2D eigenvalue weighted by atomic mass is 19.1. The smallest absolute Gasteiger partial charge is 0.346 e. The topological polar surface area (TPSA) is 119 Å². The molecule has 0 fully saturated rings. The molecule has 1 unspecified atom stereocenters. The predicted octanol–water partition coefficient (Wildman–Crippen LogP) is -0.539. The monoisotopic (exact) mass is 309 g/mol. The molecule has 22 heavy (non-hydrogen) atoms. The molecule has 1 amide bonds. The number of benzene rings is 1. The van der Waals surface area contributed by atoms with Gasteiger partial charge < -0.3 is 15.2 Å². The first-order chi connectivity index (χ1) is 10.5. The highest BCUT2D eigenvalue weighted by Gasteiger charge is 2.20. The lowest BCUT2D eigenvalue weighted by Crippen LogP contribution is -2.41. The van der Waals surface area contributed by atoms with Gasteiger partial charge in [-0.25, -0.2) is 13.9 Å². The fourth-order valence-electron chi connectivity index (χ4n) is 1.52. The lowest BCUT2D eigenvalue weighted by atomic mass is 10.3. The molecule has 116 valence electrons. The van der Waals surface area contributed by atoms with Gasteiger partial charge in [0.1, 0.15) is 24.4 Å². The Bertz CT molecular complexity index is 631. The number of ether oxygens (including phenoxy) is 1. The van der Waals surface area contributed by atoms with Crippen LogP contribution in [-0.2, 0) is 16.1 Å². The molecule has 0 aliphatic carbocycles. The fourth-order valence-corrected chi connectivity index (χ4v) is 1.52. The van der Waals surface area contributed by atoms with Crippen LogP contribution in [0, 0.1) is 5.82 Å². The van der Waals surface area contributed by atoms with Crippen LogP contribution in [0.15, 0.2) is 30.6 Å². The van der Waals surface area contributed by atoms with Crippen molar-refractivity contribution in [1.29, 1.82) is 0 Å². The molecular formula is C12H12FN5O4. The van der Waals surface area contributed by atoms with E-state index in [4.69, 9.17) is 9.84 Å². The summed E-state index contributed by atoms with van der Waals surface area (Å²) in [4.78, 5) is 22.7. The van der Waals surface area contributed by atoms with Gasteiger partial charge in [-0.2, -0.15) is 0 Å². The highest BCUT2D eigenvalue weighted by Crippen LogP contribution is 2.13. The average molecular weight is 309 g/mol. The number of nitrogens with zero attached hydrogens (tertiary/aromatic N) is 4. The Morgan fingerprint density at radius 2 is 2.09 bits per heavy atom. The number of tetrazole rings is 1. The molecule has 0 radical (unpaired) electrons. The zero-order valence-corrected chi connectivity index (χ0v) is 11.2. The molecule has 2 N–H and O–H groups in total. The van der Waals surface area contributed by atoms with Crippen molar-refractivity contribution in [2.45, 2.75) is 12.6 Å². The summed E-state index contributed by atoms with van der Waals surface area (Å²) in [5.74, 6) is -2.01. The van der Waals surface area contributed by atoms with Crippen LogP contribution in [0.3, 0.4) is 0 Å². The molecule has 1 heterocycles. The Kier molecular flexibility index (Phi) is 4.96. The van der Waals surface area contributed by atoms with E-state index in [2.05, 4.69) is 20.8 Å². The first-order valence-electron chi connectivity index (χ1n) is 6.17. The number of carboxylic acid groups (broad SMARTS) is 1. The van der Waals surface area contributed by atoms with E-state index in [1.807, 2.05) is 0 Å². The number of aliphatic carboxylic acids is 1. The van der Waals surface area contributed by atoms with E-state index in [1.165, 1.54) is 23.1 Å². The normalized spacial score (nSPS) is 11.7. The van der Waals surface area contributed by atoms with E-state index in [9.17, 15) is 14.0 Å². The van der Waals surface area contributed by atoms with Crippen molar-refractivity contribution < 1.29 is 23.8 Å². The number of aromatic nitrogens is 4. The maximum atomic E-state index is 12.8.